The third-order valence-electron chi connectivity index (χ3n) is 5.29. The summed E-state index contributed by atoms with van der Waals surface area (Å²) in [7, 11) is 0. The van der Waals surface area contributed by atoms with Gasteiger partial charge in [0, 0.05) is 0 Å². The first-order chi connectivity index (χ1) is 11.4. The summed E-state index contributed by atoms with van der Waals surface area (Å²) in [6, 6.07) is 0. The summed E-state index contributed by atoms with van der Waals surface area (Å²) in [5.74, 6) is 0.532. The Balaban J connectivity index is 2.62. The third kappa shape index (κ3) is 6.56. The second-order valence-corrected chi connectivity index (χ2v) is 7.58. The van der Waals surface area contributed by atoms with Gasteiger partial charge in [-0.05, 0) is 56.3 Å². The van der Waals surface area contributed by atoms with Gasteiger partial charge in [0.2, 0.25) is 0 Å². The molecule has 0 aromatic rings. The highest BCUT2D eigenvalue weighted by Gasteiger charge is 2.42. The summed E-state index contributed by atoms with van der Waals surface area (Å²) in [4.78, 5) is 22.2. The maximum atomic E-state index is 10.9. The Hall–Kier alpha value is -0.870. The highest BCUT2D eigenvalue weighted by molar-refractivity contribution is 5.67. The van der Waals surface area contributed by atoms with Crippen LogP contribution >= 0.6 is 0 Å². The van der Waals surface area contributed by atoms with Crippen molar-refractivity contribution in [2.24, 2.45) is 17.8 Å². The summed E-state index contributed by atoms with van der Waals surface area (Å²) in [6.07, 6.45) is 10.4. The van der Waals surface area contributed by atoms with Crippen LogP contribution in [-0.2, 0) is 14.6 Å². The van der Waals surface area contributed by atoms with Crippen molar-refractivity contribution in [3.05, 3.63) is 12.2 Å². The Morgan fingerprint density at radius 3 is 2.58 bits per heavy atom. The van der Waals surface area contributed by atoms with Gasteiger partial charge < -0.3 is 5.11 Å². The van der Waals surface area contributed by atoms with E-state index < -0.39 is 5.97 Å². The Kier molecular flexibility index (Phi) is 8.99. The molecule has 140 valence electrons. The van der Waals surface area contributed by atoms with Crippen LogP contribution in [-0.4, -0.2) is 22.8 Å². The van der Waals surface area contributed by atoms with E-state index >= 15 is 0 Å². The van der Waals surface area contributed by atoms with Gasteiger partial charge in [-0.1, -0.05) is 46.8 Å². The summed E-state index contributed by atoms with van der Waals surface area (Å²) >= 11 is 0. The molecule has 1 aliphatic heterocycles. The van der Waals surface area contributed by atoms with Crippen LogP contribution in [0.25, 0.3) is 0 Å². The lowest BCUT2D eigenvalue weighted by molar-refractivity contribution is -0.423. The molecule has 0 aromatic heterocycles. The van der Waals surface area contributed by atoms with Gasteiger partial charge >= 0.3 is 5.97 Å². The van der Waals surface area contributed by atoms with Crippen LogP contribution < -0.4 is 0 Å². The van der Waals surface area contributed by atoms with Crippen molar-refractivity contribution in [2.75, 3.05) is 0 Å². The molecule has 0 aromatic carbocycles. The zero-order valence-corrected chi connectivity index (χ0v) is 16.1. The van der Waals surface area contributed by atoms with E-state index in [1.165, 1.54) is 0 Å². The van der Waals surface area contributed by atoms with Crippen molar-refractivity contribution in [1.82, 2.24) is 0 Å². The third-order valence-corrected chi connectivity index (χ3v) is 5.29. The van der Waals surface area contributed by atoms with Crippen LogP contribution in [0.5, 0.6) is 0 Å². The zero-order chi connectivity index (χ0) is 18.2. The van der Waals surface area contributed by atoms with Gasteiger partial charge in [0.05, 0.1) is 6.42 Å². The average molecular weight is 341 g/mol. The van der Waals surface area contributed by atoms with Gasteiger partial charge in [-0.3, -0.25) is 4.79 Å². The molecule has 24 heavy (non-hydrogen) atoms. The number of hydrogen-bond acceptors (Lipinski definition) is 3. The standard InChI is InChI=1S/C20H36O4/c1-6-9-10-17(7-2)11-15(4)13-20(8-3)14-16(5)18(23-24-20)12-19(21)22/h9-10,15-18H,6-8,11-14H2,1-5H3,(H,21,22)/b10-9+/t15?,16-,17?,18-,20+/m0/s1. The number of aliphatic carboxylic acids is 1. The first-order valence-corrected chi connectivity index (χ1v) is 9.58. The number of rotatable bonds is 10. The van der Waals surface area contributed by atoms with E-state index in [9.17, 15) is 4.79 Å². The molecule has 0 spiro atoms. The quantitative estimate of drug-likeness (QED) is 0.429. The van der Waals surface area contributed by atoms with E-state index in [2.05, 4.69) is 46.8 Å². The average Bonchev–Trinajstić information content (AvgIpc) is 2.53. The fourth-order valence-corrected chi connectivity index (χ4v) is 3.83. The molecule has 0 radical (unpaired) electrons. The SMILES string of the molecule is CC/C=C/C(CC)CC(C)C[C@]1(CC)C[C@H](C)[C@H](CC(=O)O)OO1. The van der Waals surface area contributed by atoms with Crippen molar-refractivity contribution in [1.29, 1.82) is 0 Å². The van der Waals surface area contributed by atoms with E-state index in [0.717, 1.165) is 38.5 Å². The first-order valence-electron chi connectivity index (χ1n) is 9.58. The van der Waals surface area contributed by atoms with Crippen molar-refractivity contribution in [3.8, 4) is 0 Å². The molecule has 0 amide bonds. The minimum absolute atomic E-state index is 0.0102. The van der Waals surface area contributed by atoms with Gasteiger partial charge in [-0.25, -0.2) is 9.78 Å². The van der Waals surface area contributed by atoms with Gasteiger partial charge in [0.25, 0.3) is 0 Å². The summed E-state index contributed by atoms with van der Waals surface area (Å²) in [5, 5.41) is 8.97. The maximum Gasteiger partial charge on any atom is 0.306 e. The lowest BCUT2D eigenvalue weighted by atomic mass is 9.77. The molecule has 4 heteroatoms. The summed E-state index contributed by atoms with van der Waals surface area (Å²) < 4.78 is 0. The summed E-state index contributed by atoms with van der Waals surface area (Å²) in [6.45, 7) is 10.9. The van der Waals surface area contributed by atoms with Gasteiger partial charge in [0.15, 0.2) is 0 Å². The van der Waals surface area contributed by atoms with Crippen molar-refractivity contribution in [2.45, 2.75) is 91.3 Å². The number of carboxylic acids is 1. The predicted molar refractivity (Wildman–Crippen MR) is 96.6 cm³/mol. The van der Waals surface area contributed by atoms with Crippen LogP contribution in [0.2, 0.25) is 0 Å². The molecular weight excluding hydrogens is 304 g/mol. The van der Waals surface area contributed by atoms with Crippen LogP contribution in [0.3, 0.4) is 0 Å². The number of carboxylic acid groups (broad SMARTS) is 1. The lowest BCUT2D eigenvalue weighted by Crippen LogP contribution is -2.45. The molecule has 0 saturated carbocycles. The largest absolute Gasteiger partial charge is 0.481 e. The van der Waals surface area contributed by atoms with E-state index in [-0.39, 0.29) is 24.0 Å². The van der Waals surface area contributed by atoms with Gasteiger partial charge in [0.1, 0.15) is 11.7 Å². The Bertz CT molecular complexity index is 406. The fourth-order valence-electron chi connectivity index (χ4n) is 3.83. The Morgan fingerprint density at radius 2 is 2.08 bits per heavy atom. The molecule has 1 heterocycles. The summed E-state index contributed by atoms with van der Waals surface area (Å²) in [5.41, 5.74) is -0.277. The Labute approximate surface area is 147 Å². The lowest BCUT2D eigenvalue weighted by Gasteiger charge is -2.43. The monoisotopic (exact) mass is 340 g/mol. The van der Waals surface area contributed by atoms with Gasteiger partial charge in [-0.2, -0.15) is 0 Å². The smallest absolute Gasteiger partial charge is 0.306 e. The topological polar surface area (TPSA) is 55.8 Å². The molecule has 1 N–H and O–H groups in total. The van der Waals surface area contributed by atoms with Gasteiger partial charge in [-0.15, -0.1) is 0 Å². The van der Waals surface area contributed by atoms with E-state index in [4.69, 9.17) is 14.9 Å². The van der Waals surface area contributed by atoms with E-state index in [1.807, 2.05) is 0 Å². The van der Waals surface area contributed by atoms with E-state index in [0.29, 0.717) is 11.8 Å². The normalized spacial score (nSPS) is 30.4. The van der Waals surface area contributed by atoms with Crippen molar-refractivity contribution in [3.63, 3.8) is 0 Å². The number of carbonyl (C=O) groups is 1. The molecule has 1 fully saturated rings. The van der Waals surface area contributed by atoms with Crippen LogP contribution in [0.15, 0.2) is 12.2 Å². The molecule has 4 nitrogen and oxygen atoms in total. The molecule has 0 bridgehead atoms. The zero-order valence-electron chi connectivity index (χ0n) is 16.1. The highest BCUT2D eigenvalue weighted by Crippen LogP contribution is 2.40. The minimum Gasteiger partial charge on any atom is -0.481 e. The predicted octanol–water partition coefficient (Wildman–Crippen LogP) is 5.38. The second kappa shape index (κ2) is 10.2. The molecule has 1 aliphatic rings. The van der Waals surface area contributed by atoms with E-state index in [1.54, 1.807) is 0 Å². The van der Waals surface area contributed by atoms with Crippen molar-refractivity contribution < 1.29 is 19.7 Å². The first kappa shape index (κ1) is 21.2. The highest BCUT2D eigenvalue weighted by atomic mass is 17.2. The fraction of sp³-hybridized carbons (Fsp3) is 0.850. The Morgan fingerprint density at radius 1 is 1.38 bits per heavy atom. The van der Waals surface area contributed by atoms with Crippen LogP contribution in [0.1, 0.15) is 79.6 Å². The maximum absolute atomic E-state index is 10.9. The number of hydrogen-bond donors (Lipinski definition) is 1. The van der Waals surface area contributed by atoms with Crippen molar-refractivity contribution >= 4 is 5.97 Å². The number of allylic oxidation sites excluding steroid dienone is 2. The molecule has 1 saturated heterocycles. The molecular formula is C20H36O4. The molecule has 5 atom stereocenters. The molecule has 0 aliphatic carbocycles. The molecule has 1 rings (SSSR count). The van der Waals surface area contributed by atoms with Crippen LogP contribution in [0, 0.1) is 17.8 Å². The second-order valence-electron chi connectivity index (χ2n) is 7.58. The minimum atomic E-state index is -0.832. The molecule has 2 unspecified atom stereocenters. The van der Waals surface area contributed by atoms with Crippen LogP contribution in [0.4, 0.5) is 0 Å².